The quantitative estimate of drug-likeness (QED) is 0.201. The molecular weight excluding hydrogens is 531 g/mol. The van der Waals surface area contributed by atoms with Gasteiger partial charge in [0.15, 0.2) is 0 Å². The van der Waals surface area contributed by atoms with Crippen LogP contribution >= 0.6 is 0 Å². The van der Waals surface area contributed by atoms with Crippen LogP contribution in [0.3, 0.4) is 0 Å². The molecule has 1 saturated heterocycles. The maximum Gasteiger partial charge on any atom is 0.494 e. The number of para-hydroxylation sites is 2. The summed E-state index contributed by atoms with van der Waals surface area (Å²) in [5, 5.41) is 4.55. The summed E-state index contributed by atoms with van der Waals surface area (Å²) in [4.78, 5) is 4.87. The molecule has 1 fully saturated rings. The van der Waals surface area contributed by atoms with Crippen molar-refractivity contribution in [1.29, 1.82) is 0 Å². The van der Waals surface area contributed by atoms with Gasteiger partial charge < -0.3 is 13.7 Å². The van der Waals surface area contributed by atoms with E-state index in [2.05, 4.69) is 130 Å². The number of furan rings is 1. The van der Waals surface area contributed by atoms with Crippen LogP contribution in [-0.2, 0) is 15.7 Å². The molecule has 3 heterocycles. The minimum atomic E-state index is -0.394. The highest BCUT2D eigenvalue weighted by Gasteiger charge is 2.51. The minimum Gasteiger partial charge on any atom is -0.456 e. The van der Waals surface area contributed by atoms with Crippen LogP contribution < -0.4 is 5.46 Å². The number of nitrogens with zero attached hydrogens (tertiary/aromatic N) is 2. The van der Waals surface area contributed by atoms with E-state index in [1.165, 1.54) is 5.39 Å². The molecule has 7 aromatic rings. The Balaban J connectivity index is 1.23. The molecule has 0 bridgehead atoms. The van der Waals surface area contributed by atoms with E-state index in [9.17, 15) is 0 Å². The van der Waals surface area contributed by atoms with E-state index in [4.69, 9.17) is 18.7 Å². The lowest BCUT2D eigenvalue weighted by Gasteiger charge is -2.32. The Morgan fingerprint density at radius 2 is 1.53 bits per heavy atom. The third-order valence-corrected chi connectivity index (χ3v) is 9.39. The zero-order chi connectivity index (χ0) is 29.5. The standard InChI is InChI=1S/C37H33BN2O3/c1-6-34-39-30-11-7-8-12-31(30)40(34)27-18-19-29-33(22-27)41-32-13-9-10-28(35(29)32)24-15-14-23-16-17-26(21-25(23)20-24)38-42-36(2,3)37(4,5)43-38/h7-22H,6H2,1-5H3. The van der Waals surface area contributed by atoms with Gasteiger partial charge in [-0.05, 0) is 91.5 Å². The van der Waals surface area contributed by atoms with Crippen molar-refractivity contribution in [2.24, 2.45) is 0 Å². The highest BCUT2D eigenvalue weighted by molar-refractivity contribution is 6.62. The SMILES string of the molecule is CCc1nc2ccccc2n1-c1ccc2c(c1)oc1cccc(-c3ccc4ccc(B5OC(C)(C)C(C)(C)O5)cc4c3)c12. The lowest BCUT2D eigenvalue weighted by molar-refractivity contribution is 0.00578. The highest BCUT2D eigenvalue weighted by Crippen LogP contribution is 2.39. The molecule has 1 aliphatic heterocycles. The summed E-state index contributed by atoms with van der Waals surface area (Å²) in [7, 11) is -0.394. The second kappa shape index (κ2) is 9.31. The minimum absolute atomic E-state index is 0.380. The van der Waals surface area contributed by atoms with E-state index < -0.39 is 7.12 Å². The average molecular weight is 564 g/mol. The van der Waals surface area contributed by atoms with Gasteiger partial charge in [0.25, 0.3) is 0 Å². The summed E-state index contributed by atoms with van der Waals surface area (Å²) in [5.74, 6) is 1.04. The predicted molar refractivity (Wildman–Crippen MR) is 176 cm³/mol. The zero-order valence-electron chi connectivity index (χ0n) is 25.1. The van der Waals surface area contributed by atoms with E-state index in [0.29, 0.717) is 0 Å². The summed E-state index contributed by atoms with van der Waals surface area (Å²) < 4.78 is 21.4. The predicted octanol–water partition coefficient (Wildman–Crippen LogP) is 8.61. The van der Waals surface area contributed by atoms with Gasteiger partial charge in [-0.2, -0.15) is 0 Å². The van der Waals surface area contributed by atoms with Crippen molar-refractivity contribution < 1.29 is 13.7 Å². The number of aryl methyl sites for hydroxylation is 1. The second-order valence-corrected chi connectivity index (χ2v) is 12.6. The van der Waals surface area contributed by atoms with Crippen molar-refractivity contribution in [3.05, 3.63) is 103 Å². The molecule has 212 valence electrons. The molecular formula is C37H33BN2O3. The summed E-state index contributed by atoms with van der Waals surface area (Å²) in [6, 6.07) is 34.2. The van der Waals surface area contributed by atoms with Crippen LogP contribution in [-0.4, -0.2) is 27.9 Å². The maximum atomic E-state index is 6.49. The molecule has 5 nitrogen and oxygen atoms in total. The first-order valence-electron chi connectivity index (χ1n) is 15.0. The van der Waals surface area contributed by atoms with Crippen LogP contribution in [0.4, 0.5) is 0 Å². The largest absolute Gasteiger partial charge is 0.494 e. The van der Waals surface area contributed by atoms with Gasteiger partial charge in [-0.1, -0.05) is 61.5 Å². The zero-order valence-corrected chi connectivity index (χ0v) is 25.1. The maximum absolute atomic E-state index is 6.49. The fourth-order valence-corrected chi connectivity index (χ4v) is 6.35. The lowest BCUT2D eigenvalue weighted by atomic mass is 9.78. The van der Waals surface area contributed by atoms with Crippen molar-refractivity contribution in [2.75, 3.05) is 0 Å². The number of rotatable bonds is 4. The van der Waals surface area contributed by atoms with E-state index in [1.54, 1.807) is 0 Å². The van der Waals surface area contributed by atoms with E-state index in [1.807, 2.05) is 6.07 Å². The van der Waals surface area contributed by atoms with Gasteiger partial charge in [0.05, 0.1) is 27.9 Å². The molecule has 0 saturated carbocycles. The first-order chi connectivity index (χ1) is 20.7. The third-order valence-electron chi connectivity index (χ3n) is 9.39. The molecule has 0 spiro atoms. The lowest BCUT2D eigenvalue weighted by Crippen LogP contribution is -2.41. The topological polar surface area (TPSA) is 49.4 Å². The van der Waals surface area contributed by atoms with Gasteiger partial charge in [-0.25, -0.2) is 4.98 Å². The normalized spacial score (nSPS) is 16.3. The van der Waals surface area contributed by atoms with E-state index >= 15 is 0 Å². The van der Waals surface area contributed by atoms with Crippen LogP contribution in [0.2, 0.25) is 0 Å². The molecule has 2 aromatic heterocycles. The molecule has 0 radical (unpaired) electrons. The van der Waals surface area contributed by atoms with Crippen molar-refractivity contribution >= 4 is 56.3 Å². The number of hydrogen-bond acceptors (Lipinski definition) is 4. The number of imidazole rings is 1. The molecule has 0 unspecified atom stereocenters. The second-order valence-electron chi connectivity index (χ2n) is 12.6. The summed E-state index contributed by atoms with van der Waals surface area (Å²) in [5.41, 5.74) is 7.46. The molecule has 0 aliphatic carbocycles. The van der Waals surface area contributed by atoms with Gasteiger partial charge in [0.1, 0.15) is 17.0 Å². The molecule has 43 heavy (non-hydrogen) atoms. The van der Waals surface area contributed by atoms with Crippen molar-refractivity contribution in [3.63, 3.8) is 0 Å². The smallest absolute Gasteiger partial charge is 0.456 e. The molecule has 0 atom stereocenters. The van der Waals surface area contributed by atoms with Crippen LogP contribution in [0, 0.1) is 0 Å². The Bertz CT molecular complexity index is 2190. The van der Waals surface area contributed by atoms with Crippen LogP contribution in [0.15, 0.2) is 101 Å². The molecule has 6 heteroatoms. The number of fused-ring (bicyclic) bond motifs is 5. The third kappa shape index (κ3) is 4.04. The summed E-state index contributed by atoms with van der Waals surface area (Å²) >= 11 is 0. The number of aromatic nitrogens is 2. The van der Waals surface area contributed by atoms with Gasteiger partial charge in [-0.15, -0.1) is 0 Å². The summed E-state index contributed by atoms with van der Waals surface area (Å²) in [6.07, 6.45) is 0.842. The van der Waals surface area contributed by atoms with E-state index in [0.717, 1.165) is 72.9 Å². The van der Waals surface area contributed by atoms with Crippen LogP contribution in [0.5, 0.6) is 0 Å². The Labute approximate surface area is 251 Å². The van der Waals surface area contributed by atoms with Crippen molar-refractivity contribution in [2.45, 2.75) is 52.2 Å². The van der Waals surface area contributed by atoms with Crippen LogP contribution in [0.25, 0.3) is 60.6 Å². The Morgan fingerprint density at radius 1 is 0.744 bits per heavy atom. The van der Waals surface area contributed by atoms with Gasteiger partial charge in [-0.3, -0.25) is 4.57 Å². The molecule has 1 aliphatic rings. The van der Waals surface area contributed by atoms with Crippen molar-refractivity contribution in [1.82, 2.24) is 9.55 Å². The fraction of sp³-hybridized carbons (Fsp3) is 0.216. The number of benzene rings is 5. The Kier molecular flexibility index (Phi) is 5.68. The average Bonchev–Trinajstić information content (AvgIpc) is 3.64. The number of hydrogen-bond donors (Lipinski definition) is 0. The highest BCUT2D eigenvalue weighted by atomic mass is 16.7. The van der Waals surface area contributed by atoms with Crippen LogP contribution in [0.1, 0.15) is 40.4 Å². The monoisotopic (exact) mass is 564 g/mol. The Morgan fingerprint density at radius 3 is 2.35 bits per heavy atom. The Hall–Kier alpha value is -4.39. The first kappa shape index (κ1) is 26.3. The van der Waals surface area contributed by atoms with E-state index in [-0.39, 0.29) is 11.2 Å². The first-order valence-corrected chi connectivity index (χ1v) is 15.0. The van der Waals surface area contributed by atoms with Gasteiger partial charge in [0.2, 0.25) is 0 Å². The van der Waals surface area contributed by atoms with Crippen molar-refractivity contribution in [3.8, 4) is 16.8 Å². The molecule has 0 amide bonds. The molecule has 8 rings (SSSR count). The molecule has 5 aromatic carbocycles. The fourth-order valence-electron chi connectivity index (χ4n) is 6.35. The van der Waals surface area contributed by atoms with Gasteiger partial charge >= 0.3 is 7.12 Å². The summed E-state index contributed by atoms with van der Waals surface area (Å²) in [6.45, 7) is 10.5. The molecule has 0 N–H and O–H groups in total. The van der Waals surface area contributed by atoms with Gasteiger partial charge in [0, 0.05) is 23.3 Å².